The Morgan fingerprint density at radius 1 is 1.31 bits per heavy atom. The molecule has 0 aliphatic carbocycles. The zero-order valence-electron chi connectivity index (χ0n) is 10.1. The third-order valence-electron chi connectivity index (χ3n) is 2.63. The van der Waals surface area contributed by atoms with Gasteiger partial charge in [-0.25, -0.2) is 0 Å². The van der Waals surface area contributed by atoms with E-state index in [1.807, 2.05) is 0 Å². The van der Waals surface area contributed by atoms with Crippen LogP contribution in [0.5, 0.6) is 0 Å². The van der Waals surface area contributed by atoms with Crippen LogP contribution in [0.1, 0.15) is 45.4 Å². The lowest BCUT2D eigenvalue weighted by Crippen LogP contribution is -2.29. The van der Waals surface area contributed by atoms with E-state index in [1.54, 1.807) is 6.08 Å². The Hall–Kier alpha value is -0.670. The van der Waals surface area contributed by atoms with Crippen LogP contribution in [0.25, 0.3) is 0 Å². The van der Waals surface area contributed by atoms with Crippen LogP contribution >= 0.6 is 0 Å². The van der Waals surface area contributed by atoms with Crippen molar-refractivity contribution >= 4 is 5.78 Å². The SMILES string of the molecule is CCCCCCCCO[C@H]1OCC=CC1=O. The summed E-state index contributed by atoms with van der Waals surface area (Å²) in [4.78, 5) is 11.3. The first-order valence-corrected chi connectivity index (χ1v) is 6.28. The van der Waals surface area contributed by atoms with Gasteiger partial charge in [0.25, 0.3) is 0 Å². The lowest BCUT2D eigenvalue weighted by atomic mass is 10.1. The van der Waals surface area contributed by atoms with Crippen LogP contribution in [0.2, 0.25) is 0 Å². The van der Waals surface area contributed by atoms with E-state index in [9.17, 15) is 4.79 Å². The van der Waals surface area contributed by atoms with Crippen molar-refractivity contribution in [1.29, 1.82) is 0 Å². The van der Waals surface area contributed by atoms with Crippen molar-refractivity contribution in [2.45, 2.75) is 51.7 Å². The van der Waals surface area contributed by atoms with Gasteiger partial charge in [-0.1, -0.05) is 45.1 Å². The Bertz CT molecular complexity index is 223. The average molecular weight is 226 g/mol. The molecule has 0 spiro atoms. The van der Waals surface area contributed by atoms with Crippen molar-refractivity contribution in [3.05, 3.63) is 12.2 Å². The fraction of sp³-hybridized carbons (Fsp3) is 0.769. The minimum atomic E-state index is -0.652. The van der Waals surface area contributed by atoms with Crippen LogP contribution in [-0.4, -0.2) is 25.3 Å². The second-order valence-electron chi connectivity index (χ2n) is 4.11. The molecule has 0 saturated heterocycles. The van der Waals surface area contributed by atoms with E-state index < -0.39 is 6.29 Å². The molecule has 1 aliphatic heterocycles. The minimum Gasteiger partial charge on any atom is -0.346 e. The molecule has 92 valence electrons. The highest BCUT2D eigenvalue weighted by molar-refractivity contribution is 5.93. The van der Waals surface area contributed by atoms with E-state index in [-0.39, 0.29) is 5.78 Å². The van der Waals surface area contributed by atoms with Crippen LogP contribution in [0.4, 0.5) is 0 Å². The first-order valence-electron chi connectivity index (χ1n) is 6.28. The molecule has 0 aromatic carbocycles. The highest BCUT2D eigenvalue weighted by atomic mass is 16.7. The van der Waals surface area contributed by atoms with Gasteiger partial charge >= 0.3 is 0 Å². The molecule has 3 heteroatoms. The van der Waals surface area contributed by atoms with E-state index in [0.717, 1.165) is 6.42 Å². The van der Waals surface area contributed by atoms with Gasteiger partial charge < -0.3 is 9.47 Å². The maximum absolute atomic E-state index is 11.3. The van der Waals surface area contributed by atoms with Gasteiger partial charge in [0, 0.05) is 0 Å². The van der Waals surface area contributed by atoms with E-state index in [4.69, 9.17) is 9.47 Å². The topological polar surface area (TPSA) is 35.5 Å². The summed E-state index contributed by atoms with van der Waals surface area (Å²) in [6.07, 6.45) is 9.94. The van der Waals surface area contributed by atoms with Crippen LogP contribution in [0, 0.1) is 0 Å². The largest absolute Gasteiger partial charge is 0.346 e. The molecule has 1 atom stereocenters. The molecule has 1 rings (SSSR count). The summed E-state index contributed by atoms with van der Waals surface area (Å²) in [5.41, 5.74) is 0. The summed E-state index contributed by atoms with van der Waals surface area (Å²) in [6.45, 7) is 3.31. The third kappa shape index (κ3) is 5.42. The number of ketones is 1. The number of hydrogen-bond donors (Lipinski definition) is 0. The van der Waals surface area contributed by atoms with Gasteiger partial charge in [-0.3, -0.25) is 4.79 Å². The third-order valence-corrected chi connectivity index (χ3v) is 2.63. The predicted molar refractivity (Wildman–Crippen MR) is 63.2 cm³/mol. The van der Waals surface area contributed by atoms with Crippen LogP contribution < -0.4 is 0 Å². The summed E-state index contributed by atoms with van der Waals surface area (Å²) >= 11 is 0. The summed E-state index contributed by atoms with van der Waals surface area (Å²) in [6, 6.07) is 0. The molecule has 1 aliphatic rings. The molecule has 0 bridgehead atoms. The molecule has 0 saturated carbocycles. The number of unbranched alkanes of at least 4 members (excludes halogenated alkanes) is 5. The molecular formula is C13H22O3. The molecule has 1 heterocycles. The van der Waals surface area contributed by atoms with Crippen molar-refractivity contribution in [1.82, 2.24) is 0 Å². The molecular weight excluding hydrogens is 204 g/mol. The van der Waals surface area contributed by atoms with Gasteiger partial charge in [0.15, 0.2) is 0 Å². The molecule has 0 aromatic heterocycles. The average Bonchev–Trinajstić information content (AvgIpc) is 2.30. The van der Waals surface area contributed by atoms with Gasteiger partial charge in [-0.05, 0) is 12.5 Å². The highest BCUT2D eigenvalue weighted by Crippen LogP contribution is 2.08. The first-order chi connectivity index (χ1) is 7.84. The van der Waals surface area contributed by atoms with Gasteiger partial charge in [0.2, 0.25) is 12.1 Å². The predicted octanol–water partition coefficient (Wildman–Crippen LogP) is 2.85. The maximum Gasteiger partial charge on any atom is 0.222 e. The van der Waals surface area contributed by atoms with Crippen LogP contribution in [0.15, 0.2) is 12.2 Å². The van der Waals surface area contributed by atoms with Crippen LogP contribution in [-0.2, 0) is 14.3 Å². The molecule has 16 heavy (non-hydrogen) atoms. The Morgan fingerprint density at radius 2 is 2.06 bits per heavy atom. The number of ether oxygens (including phenoxy) is 2. The van der Waals surface area contributed by atoms with Gasteiger partial charge in [0.05, 0.1) is 13.2 Å². The zero-order chi connectivity index (χ0) is 11.6. The molecule has 0 amide bonds. The fourth-order valence-electron chi connectivity index (χ4n) is 1.67. The standard InChI is InChI=1S/C13H22O3/c1-2-3-4-5-6-7-10-15-13-12(14)9-8-11-16-13/h8-9,13H,2-7,10-11H2,1H3/t13-/m0/s1. The van der Waals surface area contributed by atoms with Gasteiger partial charge in [-0.15, -0.1) is 0 Å². The number of hydrogen-bond acceptors (Lipinski definition) is 3. The summed E-state index contributed by atoms with van der Waals surface area (Å²) in [7, 11) is 0. The smallest absolute Gasteiger partial charge is 0.222 e. The summed E-state index contributed by atoms with van der Waals surface area (Å²) in [5.74, 6) is -0.0720. The van der Waals surface area contributed by atoms with E-state index in [2.05, 4.69) is 6.92 Å². The molecule has 0 unspecified atom stereocenters. The summed E-state index contributed by atoms with van der Waals surface area (Å²) < 4.78 is 10.6. The van der Waals surface area contributed by atoms with Gasteiger partial charge in [0.1, 0.15) is 0 Å². The van der Waals surface area contributed by atoms with E-state index >= 15 is 0 Å². The summed E-state index contributed by atoms with van der Waals surface area (Å²) in [5, 5.41) is 0. The first kappa shape index (κ1) is 13.4. The number of carbonyl (C=O) groups is 1. The van der Waals surface area contributed by atoms with Gasteiger partial charge in [-0.2, -0.15) is 0 Å². The van der Waals surface area contributed by atoms with Crippen molar-refractivity contribution in [3.63, 3.8) is 0 Å². The Kier molecular flexibility index (Phi) is 7.10. The monoisotopic (exact) mass is 226 g/mol. The minimum absolute atomic E-state index is 0.0720. The Morgan fingerprint density at radius 3 is 2.81 bits per heavy atom. The normalized spacial score (nSPS) is 20.3. The lowest BCUT2D eigenvalue weighted by molar-refractivity contribution is -0.165. The molecule has 0 radical (unpaired) electrons. The molecule has 0 aromatic rings. The van der Waals surface area contributed by atoms with Crippen LogP contribution in [0.3, 0.4) is 0 Å². The Labute approximate surface area is 97.8 Å². The zero-order valence-corrected chi connectivity index (χ0v) is 10.1. The molecule has 0 fully saturated rings. The second-order valence-corrected chi connectivity index (χ2v) is 4.11. The van der Waals surface area contributed by atoms with E-state index in [0.29, 0.717) is 13.2 Å². The fourth-order valence-corrected chi connectivity index (χ4v) is 1.67. The molecule has 0 N–H and O–H groups in total. The van der Waals surface area contributed by atoms with Crippen molar-refractivity contribution in [3.8, 4) is 0 Å². The molecule has 3 nitrogen and oxygen atoms in total. The van der Waals surface area contributed by atoms with E-state index in [1.165, 1.54) is 38.2 Å². The van der Waals surface area contributed by atoms with Crippen molar-refractivity contribution in [2.24, 2.45) is 0 Å². The Balaban J connectivity index is 1.94. The number of rotatable bonds is 8. The maximum atomic E-state index is 11.3. The quantitative estimate of drug-likeness (QED) is 0.597. The highest BCUT2D eigenvalue weighted by Gasteiger charge is 2.19. The number of carbonyl (C=O) groups excluding carboxylic acids is 1. The van der Waals surface area contributed by atoms with Crippen molar-refractivity contribution in [2.75, 3.05) is 13.2 Å². The lowest BCUT2D eigenvalue weighted by Gasteiger charge is -2.17. The second kappa shape index (κ2) is 8.48. The van der Waals surface area contributed by atoms with Crippen molar-refractivity contribution < 1.29 is 14.3 Å².